The van der Waals surface area contributed by atoms with Gasteiger partial charge in [-0.05, 0) is 18.1 Å². The molecule has 2 heteroatoms. The number of hydrogen-bond donors (Lipinski definition) is 1. The zero-order valence-electron chi connectivity index (χ0n) is 9.73. The average Bonchev–Trinajstić information content (AvgIpc) is 2.39. The minimum atomic E-state index is -0.929. The molecule has 0 amide bonds. The Morgan fingerprint density at radius 2 is 1.59 bits per heavy atom. The van der Waals surface area contributed by atoms with Gasteiger partial charge in [0.15, 0.2) is 0 Å². The van der Waals surface area contributed by atoms with Gasteiger partial charge in [-0.15, -0.1) is 0 Å². The fourth-order valence-electron chi connectivity index (χ4n) is 2.06. The van der Waals surface area contributed by atoms with Crippen molar-refractivity contribution >= 4 is 15.9 Å². The van der Waals surface area contributed by atoms with Crippen molar-refractivity contribution in [3.63, 3.8) is 0 Å². The monoisotopic (exact) mass is 290 g/mol. The minimum Gasteiger partial charge on any atom is -0.380 e. The maximum Gasteiger partial charge on any atom is 0.115 e. The third-order valence-corrected chi connectivity index (χ3v) is 3.77. The fourth-order valence-corrected chi connectivity index (χ4v) is 2.67. The van der Waals surface area contributed by atoms with E-state index >= 15 is 0 Å². The molecule has 2 aromatic carbocycles. The molecular formula is C15H15BrO. The highest BCUT2D eigenvalue weighted by molar-refractivity contribution is 9.10. The van der Waals surface area contributed by atoms with Crippen molar-refractivity contribution in [3.05, 3.63) is 70.2 Å². The molecule has 0 aromatic heterocycles. The summed E-state index contributed by atoms with van der Waals surface area (Å²) in [6.45, 7) is 1.99. The Morgan fingerprint density at radius 3 is 2.18 bits per heavy atom. The molecule has 0 fully saturated rings. The number of aliphatic hydroxyl groups is 1. The van der Waals surface area contributed by atoms with E-state index in [1.165, 1.54) is 0 Å². The van der Waals surface area contributed by atoms with Crippen LogP contribution in [0.1, 0.15) is 24.5 Å². The molecule has 1 atom stereocenters. The summed E-state index contributed by atoms with van der Waals surface area (Å²) in [5.74, 6) is 0. The van der Waals surface area contributed by atoms with Crippen LogP contribution in [0.5, 0.6) is 0 Å². The van der Waals surface area contributed by atoms with Gasteiger partial charge in [-0.3, -0.25) is 0 Å². The Kier molecular flexibility index (Phi) is 3.65. The summed E-state index contributed by atoms with van der Waals surface area (Å²) < 4.78 is 0.938. The van der Waals surface area contributed by atoms with Gasteiger partial charge in [0.05, 0.1) is 0 Å². The van der Waals surface area contributed by atoms with E-state index in [4.69, 9.17) is 0 Å². The summed E-state index contributed by atoms with van der Waals surface area (Å²) in [6, 6.07) is 17.6. The topological polar surface area (TPSA) is 20.2 Å². The molecule has 0 spiro atoms. The Labute approximate surface area is 110 Å². The highest BCUT2D eigenvalue weighted by Crippen LogP contribution is 2.36. The van der Waals surface area contributed by atoms with Gasteiger partial charge in [-0.25, -0.2) is 0 Å². The quantitative estimate of drug-likeness (QED) is 0.903. The Bertz CT molecular complexity index is 495. The molecule has 0 saturated carbocycles. The lowest BCUT2D eigenvalue weighted by molar-refractivity contribution is 0.0758. The van der Waals surface area contributed by atoms with Crippen LogP contribution in [-0.2, 0) is 5.60 Å². The van der Waals surface area contributed by atoms with E-state index in [2.05, 4.69) is 15.9 Å². The summed E-state index contributed by atoms with van der Waals surface area (Å²) in [5, 5.41) is 10.9. The lowest BCUT2D eigenvalue weighted by Crippen LogP contribution is -2.26. The van der Waals surface area contributed by atoms with Crippen molar-refractivity contribution in [2.24, 2.45) is 0 Å². The van der Waals surface area contributed by atoms with Crippen molar-refractivity contribution in [2.75, 3.05) is 0 Å². The first kappa shape index (κ1) is 12.3. The number of halogens is 1. The fraction of sp³-hybridized carbons (Fsp3) is 0.200. The molecule has 0 radical (unpaired) electrons. The summed E-state index contributed by atoms with van der Waals surface area (Å²) in [5.41, 5.74) is 0.907. The van der Waals surface area contributed by atoms with E-state index in [0.29, 0.717) is 6.42 Å². The largest absolute Gasteiger partial charge is 0.380 e. The van der Waals surface area contributed by atoms with Crippen molar-refractivity contribution in [3.8, 4) is 0 Å². The average molecular weight is 291 g/mol. The van der Waals surface area contributed by atoms with Crippen LogP contribution in [0.15, 0.2) is 59.1 Å². The van der Waals surface area contributed by atoms with Crippen LogP contribution >= 0.6 is 15.9 Å². The summed E-state index contributed by atoms with van der Waals surface area (Å²) >= 11 is 3.51. The van der Waals surface area contributed by atoms with Crippen molar-refractivity contribution in [1.82, 2.24) is 0 Å². The van der Waals surface area contributed by atoms with Gasteiger partial charge >= 0.3 is 0 Å². The Balaban J connectivity index is 2.56. The van der Waals surface area contributed by atoms with E-state index in [-0.39, 0.29) is 0 Å². The van der Waals surface area contributed by atoms with Gasteiger partial charge in [0.25, 0.3) is 0 Å². The molecule has 0 heterocycles. The van der Waals surface area contributed by atoms with Crippen LogP contribution in [0.4, 0.5) is 0 Å². The molecule has 0 aliphatic rings. The Morgan fingerprint density at radius 1 is 1.00 bits per heavy atom. The molecule has 0 aliphatic carbocycles. The lowest BCUT2D eigenvalue weighted by atomic mass is 9.84. The first-order valence-corrected chi connectivity index (χ1v) is 6.50. The third-order valence-electron chi connectivity index (χ3n) is 3.08. The minimum absolute atomic E-state index is 0.639. The van der Waals surface area contributed by atoms with E-state index < -0.39 is 5.60 Å². The predicted octanol–water partition coefficient (Wildman–Crippen LogP) is 4.10. The molecule has 1 N–H and O–H groups in total. The molecule has 2 aromatic rings. The highest BCUT2D eigenvalue weighted by atomic mass is 79.9. The second-order valence-corrected chi connectivity index (χ2v) is 4.91. The molecule has 0 bridgehead atoms. The van der Waals surface area contributed by atoms with Gasteiger partial charge in [0, 0.05) is 10.0 Å². The van der Waals surface area contributed by atoms with Gasteiger partial charge in [-0.1, -0.05) is 71.4 Å². The van der Waals surface area contributed by atoms with Crippen LogP contribution in [-0.4, -0.2) is 5.11 Å². The molecule has 88 valence electrons. The number of benzene rings is 2. The molecule has 1 nitrogen and oxygen atoms in total. The molecule has 17 heavy (non-hydrogen) atoms. The van der Waals surface area contributed by atoms with Crippen LogP contribution in [0.2, 0.25) is 0 Å². The Hall–Kier alpha value is -1.12. The van der Waals surface area contributed by atoms with Crippen LogP contribution in [0.3, 0.4) is 0 Å². The van der Waals surface area contributed by atoms with Crippen molar-refractivity contribution < 1.29 is 5.11 Å². The van der Waals surface area contributed by atoms with Gasteiger partial charge in [0.2, 0.25) is 0 Å². The lowest BCUT2D eigenvalue weighted by Gasteiger charge is -2.29. The highest BCUT2D eigenvalue weighted by Gasteiger charge is 2.30. The van der Waals surface area contributed by atoms with Crippen LogP contribution in [0.25, 0.3) is 0 Å². The van der Waals surface area contributed by atoms with E-state index in [0.717, 1.165) is 15.6 Å². The summed E-state index contributed by atoms with van der Waals surface area (Å²) in [7, 11) is 0. The molecule has 1 unspecified atom stereocenters. The van der Waals surface area contributed by atoms with Crippen LogP contribution < -0.4 is 0 Å². The van der Waals surface area contributed by atoms with Crippen molar-refractivity contribution in [2.45, 2.75) is 18.9 Å². The smallest absolute Gasteiger partial charge is 0.115 e. The molecule has 2 rings (SSSR count). The second kappa shape index (κ2) is 5.03. The first-order chi connectivity index (χ1) is 8.18. The predicted molar refractivity (Wildman–Crippen MR) is 73.9 cm³/mol. The third kappa shape index (κ3) is 2.28. The van der Waals surface area contributed by atoms with Gasteiger partial charge in [-0.2, -0.15) is 0 Å². The van der Waals surface area contributed by atoms with E-state index in [1.54, 1.807) is 0 Å². The maximum atomic E-state index is 10.9. The maximum absolute atomic E-state index is 10.9. The standard InChI is InChI=1S/C15H15BrO/c1-2-15(17,12-8-4-3-5-9-12)13-10-6-7-11-14(13)16/h3-11,17H,2H2,1H3. The summed E-state index contributed by atoms with van der Waals surface area (Å²) in [6.07, 6.45) is 0.639. The van der Waals surface area contributed by atoms with E-state index in [1.807, 2.05) is 61.5 Å². The van der Waals surface area contributed by atoms with Gasteiger partial charge in [0.1, 0.15) is 5.60 Å². The second-order valence-electron chi connectivity index (χ2n) is 4.06. The first-order valence-electron chi connectivity index (χ1n) is 5.71. The number of hydrogen-bond acceptors (Lipinski definition) is 1. The number of rotatable bonds is 3. The summed E-state index contributed by atoms with van der Waals surface area (Å²) in [4.78, 5) is 0. The van der Waals surface area contributed by atoms with Crippen LogP contribution in [0, 0.1) is 0 Å². The molecule has 0 saturated heterocycles. The van der Waals surface area contributed by atoms with Gasteiger partial charge < -0.3 is 5.11 Å². The van der Waals surface area contributed by atoms with Crippen molar-refractivity contribution in [1.29, 1.82) is 0 Å². The normalized spacial score (nSPS) is 14.3. The molecular weight excluding hydrogens is 276 g/mol. The zero-order chi connectivity index (χ0) is 12.3. The van der Waals surface area contributed by atoms with E-state index in [9.17, 15) is 5.11 Å². The molecule has 0 aliphatic heterocycles. The zero-order valence-corrected chi connectivity index (χ0v) is 11.3. The SMILES string of the molecule is CCC(O)(c1ccccc1)c1ccccc1Br.